The molecule has 17 heavy (non-hydrogen) atoms. The lowest BCUT2D eigenvalue weighted by molar-refractivity contribution is 0.0781. The number of aromatic nitrogens is 1. The second-order valence-electron chi connectivity index (χ2n) is 4.51. The van der Waals surface area contributed by atoms with Gasteiger partial charge in [-0.3, -0.25) is 4.79 Å². The van der Waals surface area contributed by atoms with Gasteiger partial charge in [-0.2, -0.15) is 0 Å². The van der Waals surface area contributed by atoms with Crippen LogP contribution in [0.15, 0.2) is 12.1 Å². The van der Waals surface area contributed by atoms with Crippen molar-refractivity contribution < 1.29 is 9.90 Å². The van der Waals surface area contributed by atoms with Crippen molar-refractivity contribution in [3.8, 4) is 0 Å². The first-order chi connectivity index (χ1) is 8.10. The fraction of sp³-hybridized carbons (Fsp3) is 0.500. The molecule has 1 aromatic heterocycles. The van der Waals surface area contributed by atoms with E-state index in [0.717, 1.165) is 12.1 Å². The maximum Gasteiger partial charge on any atom is 0.254 e. The summed E-state index contributed by atoms with van der Waals surface area (Å²) >= 11 is 0. The fourth-order valence-electron chi connectivity index (χ4n) is 2.17. The zero-order valence-corrected chi connectivity index (χ0v) is 9.89. The van der Waals surface area contributed by atoms with Crippen molar-refractivity contribution in [3.63, 3.8) is 0 Å². The summed E-state index contributed by atoms with van der Waals surface area (Å²) in [7, 11) is 0. The molecule has 0 radical (unpaired) electrons. The van der Waals surface area contributed by atoms with Crippen LogP contribution in [0.5, 0.6) is 0 Å². The van der Waals surface area contributed by atoms with E-state index in [1.165, 1.54) is 0 Å². The normalized spacial score (nSPS) is 19.6. The molecule has 1 aliphatic heterocycles. The Bertz CT molecular complexity index is 414. The molecule has 1 atom stereocenters. The van der Waals surface area contributed by atoms with Crippen molar-refractivity contribution in [2.75, 3.05) is 25.4 Å². The summed E-state index contributed by atoms with van der Waals surface area (Å²) < 4.78 is 0. The van der Waals surface area contributed by atoms with E-state index in [1.54, 1.807) is 17.0 Å². The van der Waals surface area contributed by atoms with Gasteiger partial charge >= 0.3 is 0 Å². The van der Waals surface area contributed by atoms with Gasteiger partial charge in [0.1, 0.15) is 5.82 Å². The Hall–Kier alpha value is -1.62. The number of hydrogen-bond donors (Lipinski definition) is 2. The second kappa shape index (κ2) is 4.71. The summed E-state index contributed by atoms with van der Waals surface area (Å²) in [4.78, 5) is 18.0. The monoisotopic (exact) mass is 235 g/mol. The number of anilines is 1. The highest BCUT2D eigenvalue weighted by atomic mass is 16.3. The number of amides is 1. The predicted octanol–water partition coefficient (Wildman–Crippen LogP) is 0.427. The molecule has 92 valence electrons. The van der Waals surface area contributed by atoms with E-state index in [9.17, 15) is 4.79 Å². The van der Waals surface area contributed by atoms with Crippen LogP contribution in [0.2, 0.25) is 0 Å². The molecule has 3 N–H and O–H groups in total. The number of aliphatic hydroxyl groups is 1. The molecule has 5 heteroatoms. The second-order valence-corrected chi connectivity index (χ2v) is 4.51. The lowest BCUT2D eigenvalue weighted by atomic mass is 10.1. The average molecular weight is 235 g/mol. The van der Waals surface area contributed by atoms with E-state index < -0.39 is 0 Å². The van der Waals surface area contributed by atoms with Gasteiger partial charge in [-0.05, 0) is 25.5 Å². The summed E-state index contributed by atoms with van der Waals surface area (Å²) in [6.45, 7) is 3.27. The van der Waals surface area contributed by atoms with E-state index in [0.29, 0.717) is 24.5 Å². The molecule has 2 rings (SSSR count). The molecule has 0 aliphatic carbocycles. The van der Waals surface area contributed by atoms with Crippen LogP contribution in [-0.2, 0) is 0 Å². The van der Waals surface area contributed by atoms with Crippen LogP contribution in [0.25, 0.3) is 0 Å². The molecule has 2 heterocycles. The highest BCUT2D eigenvalue weighted by Crippen LogP contribution is 2.19. The van der Waals surface area contributed by atoms with Gasteiger partial charge in [0, 0.05) is 36.9 Å². The number of carbonyl (C=O) groups excluding carboxylic acids is 1. The first-order valence-electron chi connectivity index (χ1n) is 5.74. The van der Waals surface area contributed by atoms with Crippen LogP contribution >= 0.6 is 0 Å². The molecule has 1 saturated heterocycles. The van der Waals surface area contributed by atoms with E-state index in [1.807, 2.05) is 6.92 Å². The van der Waals surface area contributed by atoms with Gasteiger partial charge in [0.15, 0.2) is 0 Å². The van der Waals surface area contributed by atoms with Gasteiger partial charge in [-0.15, -0.1) is 0 Å². The standard InChI is InChI=1S/C12H17N3O2/c1-8-4-10(5-11(13)14-8)12(17)15-3-2-9(6-15)7-16/h4-5,9,16H,2-3,6-7H2,1H3,(H2,13,14). The summed E-state index contributed by atoms with van der Waals surface area (Å²) in [5.41, 5.74) is 6.95. The summed E-state index contributed by atoms with van der Waals surface area (Å²) in [6, 6.07) is 3.34. The molecule has 0 spiro atoms. The van der Waals surface area contributed by atoms with Gasteiger partial charge in [-0.25, -0.2) is 4.98 Å². The van der Waals surface area contributed by atoms with Crippen molar-refractivity contribution in [2.24, 2.45) is 5.92 Å². The van der Waals surface area contributed by atoms with Crippen molar-refractivity contribution in [1.82, 2.24) is 9.88 Å². The quantitative estimate of drug-likeness (QED) is 0.779. The third-order valence-electron chi connectivity index (χ3n) is 3.05. The number of aryl methyl sites for hydroxylation is 1. The highest BCUT2D eigenvalue weighted by Gasteiger charge is 2.26. The summed E-state index contributed by atoms with van der Waals surface area (Å²) in [6.07, 6.45) is 0.863. The van der Waals surface area contributed by atoms with Gasteiger partial charge in [-0.1, -0.05) is 0 Å². The SMILES string of the molecule is Cc1cc(C(=O)N2CCC(CO)C2)cc(N)n1. The number of hydrogen-bond acceptors (Lipinski definition) is 4. The molecule has 0 bridgehead atoms. The first kappa shape index (κ1) is 11.9. The Labute approximate surface area is 100 Å². The Kier molecular flexibility index (Phi) is 3.28. The molecule has 5 nitrogen and oxygen atoms in total. The maximum absolute atomic E-state index is 12.2. The topological polar surface area (TPSA) is 79.5 Å². The van der Waals surface area contributed by atoms with Gasteiger partial charge in [0.05, 0.1) is 0 Å². The minimum Gasteiger partial charge on any atom is -0.396 e. The van der Waals surface area contributed by atoms with E-state index in [-0.39, 0.29) is 18.4 Å². The number of nitrogens with two attached hydrogens (primary N) is 1. The van der Waals surface area contributed by atoms with Crippen LogP contribution in [0.3, 0.4) is 0 Å². The van der Waals surface area contributed by atoms with Crippen LogP contribution in [-0.4, -0.2) is 40.6 Å². The lowest BCUT2D eigenvalue weighted by Crippen LogP contribution is -2.29. The molecule has 1 fully saturated rings. The highest BCUT2D eigenvalue weighted by molar-refractivity contribution is 5.95. The number of carbonyl (C=O) groups is 1. The first-order valence-corrected chi connectivity index (χ1v) is 5.74. The van der Waals surface area contributed by atoms with Gasteiger partial charge in [0.2, 0.25) is 0 Å². The van der Waals surface area contributed by atoms with Crippen LogP contribution < -0.4 is 5.73 Å². The van der Waals surface area contributed by atoms with Crippen molar-refractivity contribution >= 4 is 11.7 Å². The van der Waals surface area contributed by atoms with E-state index >= 15 is 0 Å². The minimum absolute atomic E-state index is 0.0295. The van der Waals surface area contributed by atoms with Crippen molar-refractivity contribution in [2.45, 2.75) is 13.3 Å². The van der Waals surface area contributed by atoms with Crippen molar-refractivity contribution in [1.29, 1.82) is 0 Å². The Morgan fingerprint density at radius 3 is 3.00 bits per heavy atom. The zero-order chi connectivity index (χ0) is 12.4. The lowest BCUT2D eigenvalue weighted by Gasteiger charge is -2.16. The van der Waals surface area contributed by atoms with Crippen LogP contribution in [0.4, 0.5) is 5.82 Å². The summed E-state index contributed by atoms with van der Waals surface area (Å²) in [5.74, 6) is 0.545. The van der Waals surface area contributed by atoms with Crippen LogP contribution in [0, 0.1) is 12.8 Å². The van der Waals surface area contributed by atoms with E-state index in [2.05, 4.69) is 4.98 Å². The number of nitrogens with zero attached hydrogens (tertiary/aromatic N) is 2. The molecule has 1 unspecified atom stereocenters. The number of likely N-dealkylation sites (tertiary alicyclic amines) is 1. The molecule has 0 aromatic carbocycles. The Balaban J connectivity index is 2.14. The number of rotatable bonds is 2. The third-order valence-corrected chi connectivity index (χ3v) is 3.05. The minimum atomic E-state index is -0.0295. The average Bonchev–Trinajstić information content (AvgIpc) is 2.75. The van der Waals surface area contributed by atoms with Crippen LogP contribution in [0.1, 0.15) is 22.5 Å². The fourth-order valence-corrected chi connectivity index (χ4v) is 2.17. The number of aliphatic hydroxyl groups excluding tert-OH is 1. The van der Waals surface area contributed by atoms with E-state index in [4.69, 9.17) is 10.8 Å². The smallest absolute Gasteiger partial charge is 0.254 e. The largest absolute Gasteiger partial charge is 0.396 e. The third kappa shape index (κ3) is 2.55. The molecular formula is C12H17N3O2. The van der Waals surface area contributed by atoms with Crippen molar-refractivity contribution in [3.05, 3.63) is 23.4 Å². The molecular weight excluding hydrogens is 218 g/mol. The number of pyridine rings is 1. The summed E-state index contributed by atoms with van der Waals surface area (Å²) in [5, 5.41) is 9.06. The maximum atomic E-state index is 12.2. The molecule has 1 aliphatic rings. The molecule has 1 amide bonds. The molecule has 1 aromatic rings. The molecule has 0 saturated carbocycles. The number of nitrogen functional groups attached to an aromatic ring is 1. The Morgan fingerprint density at radius 1 is 1.65 bits per heavy atom. The zero-order valence-electron chi connectivity index (χ0n) is 9.89. The van der Waals surface area contributed by atoms with Gasteiger partial charge in [0.25, 0.3) is 5.91 Å². The Morgan fingerprint density at radius 2 is 2.41 bits per heavy atom. The predicted molar refractivity (Wildman–Crippen MR) is 64.5 cm³/mol. The van der Waals surface area contributed by atoms with Gasteiger partial charge < -0.3 is 15.7 Å².